The first-order valence-corrected chi connectivity index (χ1v) is 16.8. The van der Waals surface area contributed by atoms with Crippen molar-refractivity contribution in [3.63, 3.8) is 0 Å². The number of carbonyl (C=O) groups excluding carboxylic acids is 2. The van der Waals surface area contributed by atoms with Crippen LogP contribution >= 0.6 is 27.5 Å². The molecule has 1 aliphatic rings. The second-order valence-corrected chi connectivity index (χ2v) is 13.4. The number of hydrogen-bond acceptors (Lipinski definition) is 8. The predicted molar refractivity (Wildman–Crippen MR) is 187 cm³/mol. The summed E-state index contributed by atoms with van der Waals surface area (Å²) in [6.45, 7) is 5.82. The van der Waals surface area contributed by atoms with E-state index in [-0.39, 0.29) is 0 Å². The first kappa shape index (κ1) is 33.9. The van der Waals surface area contributed by atoms with Crippen LogP contribution in [0.4, 0.5) is 0 Å². The summed E-state index contributed by atoms with van der Waals surface area (Å²) in [5.41, 5.74) is 4.50. The second kappa shape index (κ2) is 14.7. The fraction of sp³-hybridized carbons (Fsp3) is 0.278. The van der Waals surface area contributed by atoms with Crippen molar-refractivity contribution in [1.82, 2.24) is 18.9 Å². The van der Waals surface area contributed by atoms with Gasteiger partial charge in [0.1, 0.15) is 0 Å². The molecule has 48 heavy (non-hydrogen) atoms. The Hall–Kier alpha value is -3.97. The molecular formula is C36H34BrClN4O6-2. The number of aliphatic hydroxyl groups excluding tert-OH is 2. The van der Waals surface area contributed by atoms with E-state index in [1.165, 1.54) is 10.8 Å². The maximum Gasteiger partial charge on any atom is 0.0870 e. The van der Waals surface area contributed by atoms with Crippen molar-refractivity contribution >= 4 is 83.1 Å². The Morgan fingerprint density at radius 2 is 1.04 bits per heavy atom. The van der Waals surface area contributed by atoms with Gasteiger partial charge in [0.2, 0.25) is 0 Å². The normalized spacial score (nSPS) is 15.5. The number of carboxylic acids is 2. The van der Waals surface area contributed by atoms with Crippen molar-refractivity contribution in [2.24, 2.45) is 0 Å². The van der Waals surface area contributed by atoms with Crippen LogP contribution in [0.25, 0.3) is 43.6 Å². The standard InChI is InChI=1S/C34H34BrClN4O2.C2H2O4/c35-23-9-11-33-29(17-23)27-5-1-3-7-31(27)39(33)21-25(41)19-37-13-15-38(16-14-37)20-26(42)22-40-32-8-4-2-6-28(32)30-18-24(36)10-12-34(30)40;3-1(4)2(5)6/h1-12,17-18,25-26,41-42H,13-16,19-22H2;(H,3,4)(H,5,6)/p-2. The van der Waals surface area contributed by atoms with Gasteiger partial charge in [-0.2, -0.15) is 0 Å². The van der Waals surface area contributed by atoms with Crippen LogP contribution in [0.5, 0.6) is 0 Å². The van der Waals surface area contributed by atoms with E-state index in [1.807, 2.05) is 30.3 Å². The summed E-state index contributed by atoms with van der Waals surface area (Å²) in [4.78, 5) is 22.5. The van der Waals surface area contributed by atoms with Crippen LogP contribution in [0.2, 0.25) is 5.02 Å². The molecular weight excluding hydrogens is 700 g/mol. The molecule has 250 valence electrons. The minimum absolute atomic E-state index is 0.478. The molecule has 10 nitrogen and oxygen atoms in total. The molecule has 0 spiro atoms. The Balaban J connectivity index is 0.000000615. The number of fused-ring (bicyclic) bond motifs is 6. The zero-order valence-corrected chi connectivity index (χ0v) is 28.3. The Kier molecular flexibility index (Phi) is 10.4. The Bertz CT molecular complexity index is 1960. The van der Waals surface area contributed by atoms with Gasteiger partial charge in [0.15, 0.2) is 0 Å². The van der Waals surface area contributed by atoms with Crippen LogP contribution in [-0.2, 0) is 22.7 Å². The van der Waals surface area contributed by atoms with E-state index >= 15 is 0 Å². The number of benzene rings is 4. The average molecular weight is 734 g/mol. The molecule has 2 aromatic heterocycles. The van der Waals surface area contributed by atoms with Gasteiger partial charge < -0.3 is 39.1 Å². The zero-order valence-electron chi connectivity index (χ0n) is 26.0. The van der Waals surface area contributed by atoms with E-state index in [4.69, 9.17) is 31.4 Å². The molecule has 1 saturated heterocycles. The quantitative estimate of drug-likeness (QED) is 0.228. The van der Waals surface area contributed by atoms with Gasteiger partial charge in [0.05, 0.1) is 37.2 Å². The van der Waals surface area contributed by atoms with Crippen LogP contribution in [0.3, 0.4) is 0 Å². The van der Waals surface area contributed by atoms with Crippen molar-refractivity contribution in [2.45, 2.75) is 25.3 Å². The molecule has 7 rings (SSSR count). The van der Waals surface area contributed by atoms with Gasteiger partial charge in [-0.3, -0.25) is 9.80 Å². The molecule has 0 bridgehead atoms. The monoisotopic (exact) mass is 732 g/mol. The van der Waals surface area contributed by atoms with Crippen LogP contribution < -0.4 is 10.2 Å². The van der Waals surface area contributed by atoms with Crippen molar-refractivity contribution < 1.29 is 30.0 Å². The van der Waals surface area contributed by atoms with Crippen molar-refractivity contribution in [3.8, 4) is 0 Å². The van der Waals surface area contributed by atoms with Gasteiger partial charge in [-0.25, -0.2) is 0 Å². The number of halogens is 2. The molecule has 0 aliphatic carbocycles. The SMILES string of the molecule is O=C([O-])C(=O)[O-].OC(CN1CCN(CC(O)Cn2c3ccccc3c3cc(Br)ccc32)CC1)Cn1c2ccccc2c2cc(Cl)ccc21. The third-order valence-corrected chi connectivity index (χ3v) is 9.55. The molecule has 2 atom stereocenters. The maximum absolute atomic E-state index is 11.2. The molecule has 0 amide bonds. The van der Waals surface area contributed by atoms with E-state index in [0.29, 0.717) is 26.2 Å². The van der Waals surface area contributed by atoms with E-state index in [0.717, 1.165) is 68.5 Å². The van der Waals surface area contributed by atoms with Gasteiger partial charge in [-0.1, -0.05) is 63.9 Å². The summed E-state index contributed by atoms with van der Waals surface area (Å²) in [6.07, 6.45) is -0.972. The number of para-hydroxylation sites is 2. The Labute approximate surface area is 290 Å². The molecule has 2 unspecified atom stereocenters. The van der Waals surface area contributed by atoms with Gasteiger partial charge in [-0.05, 0) is 48.5 Å². The van der Waals surface area contributed by atoms with Crippen molar-refractivity contribution in [2.75, 3.05) is 39.3 Å². The number of rotatable bonds is 8. The highest BCUT2D eigenvalue weighted by Crippen LogP contribution is 2.32. The fourth-order valence-corrected chi connectivity index (χ4v) is 7.27. The third-order valence-electron chi connectivity index (χ3n) is 8.82. The largest absolute Gasteiger partial charge is 0.543 e. The molecule has 0 radical (unpaired) electrons. The van der Waals surface area contributed by atoms with E-state index in [1.54, 1.807) is 0 Å². The highest BCUT2D eigenvalue weighted by Gasteiger charge is 2.23. The maximum atomic E-state index is 11.2. The molecule has 2 N–H and O–H groups in total. The van der Waals surface area contributed by atoms with Gasteiger partial charge in [0.25, 0.3) is 0 Å². The first-order valence-electron chi connectivity index (χ1n) is 15.6. The lowest BCUT2D eigenvalue weighted by molar-refractivity contribution is -0.345. The summed E-state index contributed by atoms with van der Waals surface area (Å²) in [7, 11) is 0. The second-order valence-electron chi connectivity index (χ2n) is 12.1. The van der Waals surface area contributed by atoms with Crippen LogP contribution in [0.15, 0.2) is 89.4 Å². The lowest BCUT2D eigenvalue weighted by Gasteiger charge is -2.36. The zero-order chi connectivity index (χ0) is 33.9. The molecule has 1 aliphatic heterocycles. The number of piperazine rings is 1. The highest BCUT2D eigenvalue weighted by atomic mass is 79.9. The highest BCUT2D eigenvalue weighted by molar-refractivity contribution is 9.10. The van der Waals surface area contributed by atoms with Crippen LogP contribution in [0.1, 0.15) is 0 Å². The number of aromatic nitrogens is 2. The Morgan fingerprint density at radius 1 is 0.625 bits per heavy atom. The number of aliphatic hydroxyl groups is 2. The minimum Gasteiger partial charge on any atom is -0.543 e. The van der Waals surface area contributed by atoms with Gasteiger partial charge in [-0.15, -0.1) is 0 Å². The van der Waals surface area contributed by atoms with Crippen molar-refractivity contribution in [1.29, 1.82) is 0 Å². The molecule has 4 aromatic carbocycles. The number of β-amino-alcohol motifs (C(OH)–C–C–N with tert-alkyl or cyclic N) is 2. The number of aliphatic carboxylic acids is 2. The molecule has 0 saturated carbocycles. The van der Waals surface area contributed by atoms with E-state index < -0.39 is 24.1 Å². The molecule has 3 heterocycles. The first-order chi connectivity index (χ1) is 23.1. The number of carboxylic acid groups (broad SMARTS) is 2. The van der Waals surface area contributed by atoms with Crippen molar-refractivity contribution in [3.05, 3.63) is 94.4 Å². The summed E-state index contributed by atoms with van der Waals surface area (Å²) in [5, 5.41) is 45.5. The lowest BCUT2D eigenvalue weighted by Crippen LogP contribution is -2.50. The van der Waals surface area contributed by atoms with Crippen LogP contribution in [-0.4, -0.2) is 92.6 Å². The summed E-state index contributed by atoms with van der Waals surface area (Å²) in [5.74, 6) is -4.37. The molecule has 6 aromatic rings. The summed E-state index contributed by atoms with van der Waals surface area (Å²) < 4.78 is 5.52. The molecule has 1 fully saturated rings. The van der Waals surface area contributed by atoms with E-state index in [2.05, 4.69) is 89.5 Å². The number of hydrogen-bond donors (Lipinski definition) is 2. The predicted octanol–water partition coefficient (Wildman–Crippen LogP) is 2.84. The Morgan fingerprint density at radius 3 is 1.52 bits per heavy atom. The lowest BCUT2D eigenvalue weighted by atomic mass is 10.2. The fourth-order valence-electron chi connectivity index (χ4n) is 6.73. The van der Waals surface area contributed by atoms with Crippen LogP contribution in [0, 0.1) is 0 Å². The third kappa shape index (κ3) is 7.36. The van der Waals surface area contributed by atoms with Gasteiger partial charge >= 0.3 is 0 Å². The number of nitrogens with zero attached hydrogens (tertiary/aromatic N) is 4. The smallest absolute Gasteiger partial charge is 0.0870 e. The average Bonchev–Trinajstić information content (AvgIpc) is 3.53. The van der Waals surface area contributed by atoms with Gasteiger partial charge in [0, 0.05) is 92.4 Å². The molecule has 12 heteroatoms. The number of carbonyl (C=O) groups is 2. The minimum atomic E-state index is -2.19. The summed E-state index contributed by atoms with van der Waals surface area (Å²) >= 11 is 9.91. The topological polar surface area (TPSA) is 137 Å². The summed E-state index contributed by atoms with van der Waals surface area (Å²) in [6, 6.07) is 29.0. The van der Waals surface area contributed by atoms with E-state index in [9.17, 15) is 10.2 Å².